The minimum Gasteiger partial charge on any atom is -0.507 e. The Balaban J connectivity index is 1.91. The molecule has 0 saturated carbocycles. The largest absolute Gasteiger partial charge is 0.507 e. The van der Waals surface area contributed by atoms with E-state index in [9.17, 15) is 14.7 Å². The van der Waals surface area contributed by atoms with E-state index in [1.54, 1.807) is 31.4 Å². The van der Waals surface area contributed by atoms with Crippen LogP contribution in [-0.2, 0) is 14.3 Å². The third-order valence-corrected chi connectivity index (χ3v) is 5.78. The number of methoxy groups -OCH3 is 1. The van der Waals surface area contributed by atoms with Crippen molar-refractivity contribution in [2.75, 3.05) is 20.3 Å². The molecule has 0 aromatic heterocycles. The Bertz CT molecular complexity index is 1160. The highest BCUT2D eigenvalue weighted by Crippen LogP contribution is 2.41. The van der Waals surface area contributed by atoms with Crippen molar-refractivity contribution in [2.24, 2.45) is 0 Å². The predicted octanol–water partition coefficient (Wildman–Crippen LogP) is 4.95. The number of hydrogen-bond acceptors (Lipinski definition) is 4. The lowest BCUT2D eigenvalue weighted by Gasteiger charge is -2.26. The van der Waals surface area contributed by atoms with Crippen LogP contribution in [0.15, 0.2) is 72.3 Å². The molecule has 0 radical (unpaired) electrons. The smallest absolute Gasteiger partial charge is 0.295 e. The maximum absolute atomic E-state index is 13.1. The van der Waals surface area contributed by atoms with Gasteiger partial charge in [-0.2, -0.15) is 0 Å². The molecule has 3 aromatic carbocycles. The summed E-state index contributed by atoms with van der Waals surface area (Å²) >= 11 is 5.97. The molecular weight excluding hydrogens is 414 g/mol. The Morgan fingerprint density at radius 2 is 1.74 bits per heavy atom. The number of rotatable bonds is 6. The molecule has 1 amide bonds. The van der Waals surface area contributed by atoms with Crippen molar-refractivity contribution >= 4 is 39.8 Å². The van der Waals surface area contributed by atoms with Gasteiger partial charge in [-0.3, -0.25) is 9.59 Å². The summed E-state index contributed by atoms with van der Waals surface area (Å²) in [6.45, 7) is 0.798. The Morgan fingerprint density at radius 3 is 2.48 bits per heavy atom. The van der Waals surface area contributed by atoms with Crippen LogP contribution >= 0.6 is 11.6 Å². The van der Waals surface area contributed by atoms with Crippen molar-refractivity contribution in [3.63, 3.8) is 0 Å². The minimum absolute atomic E-state index is 0.0843. The van der Waals surface area contributed by atoms with E-state index in [-0.39, 0.29) is 11.3 Å². The molecule has 158 valence electrons. The summed E-state index contributed by atoms with van der Waals surface area (Å²) in [6.07, 6.45) is 0.575. The van der Waals surface area contributed by atoms with E-state index in [1.807, 2.05) is 42.5 Å². The Labute approximate surface area is 185 Å². The first-order chi connectivity index (χ1) is 15.0. The zero-order chi connectivity index (χ0) is 22.0. The third kappa shape index (κ3) is 3.94. The molecular formula is C25H22ClNO4. The average Bonchev–Trinajstić information content (AvgIpc) is 3.04. The number of benzene rings is 3. The van der Waals surface area contributed by atoms with Crippen molar-refractivity contribution in [3.8, 4) is 0 Å². The van der Waals surface area contributed by atoms with Crippen LogP contribution in [0.3, 0.4) is 0 Å². The van der Waals surface area contributed by atoms with E-state index in [1.165, 1.54) is 4.90 Å². The monoisotopic (exact) mass is 435 g/mol. The zero-order valence-corrected chi connectivity index (χ0v) is 17.8. The van der Waals surface area contributed by atoms with Gasteiger partial charge in [-0.05, 0) is 47.0 Å². The Morgan fingerprint density at radius 1 is 1.03 bits per heavy atom. The summed E-state index contributed by atoms with van der Waals surface area (Å²) < 4.78 is 5.13. The van der Waals surface area contributed by atoms with Crippen LogP contribution in [0, 0.1) is 0 Å². The van der Waals surface area contributed by atoms with Crippen LogP contribution in [0.2, 0.25) is 5.02 Å². The molecule has 3 aromatic rings. The van der Waals surface area contributed by atoms with Crippen LogP contribution in [0.4, 0.5) is 0 Å². The number of carbonyl (C=O) groups excluding carboxylic acids is 2. The highest BCUT2D eigenvalue weighted by Gasteiger charge is 2.46. The molecule has 1 saturated heterocycles. The van der Waals surface area contributed by atoms with Gasteiger partial charge >= 0.3 is 0 Å². The number of amides is 1. The lowest BCUT2D eigenvalue weighted by molar-refractivity contribution is -0.140. The molecule has 0 spiro atoms. The van der Waals surface area contributed by atoms with Crippen LogP contribution in [0.25, 0.3) is 16.5 Å². The van der Waals surface area contributed by atoms with Gasteiger partial charge in [0.1, 0.15) is 5.76 Å². The van der Waals surface area contributed by atoms with E-state index in [0.717, 1.165) is 16.3 Å². The number of ether oxygens (including phenoxy) is 1. The molecule has 1 aliphatic rings. The SMILES string of the molecule is COCCCN1C(=O)C(=O)/C(=C(/O)c2ccc(Cl)cc2)[C@H]1c1cccc2ccccc12. The first-order valence-electron chi connectivity index (χ1n) is 10.0. The number of aliphatic hydroxyl groups is 1. The molecule has 31 heavy (non-hydrogen) atoms. The van der Waals surface area contributed by atoms with Gasteiger partial charge < -0.3 is 14.7 Å². The van der Waals surface area contributed by atoms with Crippen molar-refractivity contribution in [1.82, 2.24) is 4.90 Å². The molecule has 1 N–H and O–H groups in total. The van der Waals surface area contributed by atoms with Crippen molar-refractivity contribution in [2.45, 2.75) is 12.5 Å². The number of fused-ring (bicyclic) bond motifs is 1. The van der Waals surface area contributed by atoms with Crippen LogP contribution in [-0.4, -0.2) is 42.0 Å². The molecule has 1 atom stereocenters. The van der Waals surface area contributed by atoms with Gasteiger partial charge in [0.05, 0.1) is 11.6 Å². The fourth-order valence-electron chi connectivity index (χ4n) is 4.07. The van der Waals surface area contributed by atoms with Crippen molar-refractivity contribution in [3.05, 3.63) is 88.5 Å². The van der Waals surface area contributed by atoms with Crippen molar-refractivity contribution < 1.29 is 19.4 Å². The molecule has 4 rings (SSSR count). The summed E-state index contributed by atoms with van der Waals surface area (Å²) in [6, 6.07) is 19.4. The number of ketones is 1. The lowest BCUT2D eigenvalue weighted by atomic mass is 9.91. The molecule has 1 aliphatic heterocycles. The maximum atomic E-state index is 13.1. The number of carbonyl (C=O) groups is 2. The van der Waals surface area contributed by atoms with E-state index in [4.69, 9.17) is 16.3 Å². The fraction of sp³-hybridized carbons (Fsp3) is 0.200. The highest BCUT2D eigenvalue weighted by molar-refractivity contribution is 6.46. The fourth-order valence-corrected chi connectivity index (χ4v) is 4.19. The number of Topliss-reactive ketones (excluding diaryl/α,β-unsaturated/α-hetero) is 1. The summed E-state index contributed by atoms with van der Waals surface area (Å²) in [5, 5.41) is 13.5. The zero-order valence-electron chi connectivity index (χ0n) is 17.0. The summed E-state index contributed by atoms with van der Waals surface area (Å²) in [5.74, 6) is -1.52. The maximum Gasteiger partial charge on any atom is 0.295 e. The van der Waals surface area contributed by atoms with Gasteiger partial charge in [0, 0.05) is 30.8 Å². The molecule has 6 heteroatoms. The first-order valence-corrected chi connectivity index (χ1v) is 10.4. The second kappa shape index (κ2) is 8.92. The van der Waals surface area contributed by atoms with E-state index in [2.05, 4.69) is 0 Å². The molecule has 0 aliphatic carbocycles. The number of likely N-dealkylation sites (tertiary alicyclic amines) is 1. The second-order valence-corrected chi connectivity index (χ2v) is 7.85. The molecule has 5 nitrogen and oxygen atoms in total. The third-order valence-electron chi connectivity index (χ3n) is 5.52. The lowest BCUT2D eigenvalue weighted by Crippen LogP contribution is -2.31. The predicted molar refractivity (Wildman–Crippen MR) is 121 cm³/mol. The van der Waals surface area contributed by atoms with Gasteiger partial charge in [0.2, 0.25) is 0 Å². The average molecular weight is 436 g/mol. The van der Waals surface area contributed by atoms with Crippen LogP contribution in [0.5, 0.6) is 0 Å². The minimum atomic E-state index is -0.696. The van der Waals surface area contributed by atoms with E-state index < -0.39 is 17.7 Å². The quantitative estimate of drug-likeness (QED) is 0.257. The molecule has 0 bridgehead atoms. The standard InChI is InChI=1S/C25H22ClNO4/c1-31-15-5-14-27-22(20-9-4-7-16-6-2-3-8-19(16)20)21(24(29)25(27)30)23(28)17-10-12-18(26)13-11-17/h2-4,6-13,22,28H,5,14-15H2,1H3/b23-21+/t22-/m1/s1. The van der Waals surface area contributed by atoms with E-state index >= 15 is 0 Å². The summed E-state index contributed by atoms with van der Waals surface area (Å²) in [7, 11) is 1.59. The second-order valence-electron chi connectivity index (χ2n) is 7.41. The normalized spacial score (nSPS) is 18.1. The first kappa shape index (κ1) is 21.1. The number of hydrogen-bond donors (Lipinski definition) is 1. The number of nitrogens with zero attached hydrogens (tertiary/aromatic N) is 1. The topological polar surface area (TPSA) is 66.8 Å². The highest BCUT2D eigenvalue weighted by atomic mass is 35.5. The molecule has 1 heterocycles. The number of halogens is 1. The molecule has 1 fully saturated rings. The van der Waals surface area contributed by atoms with Gasteiger partial charge in [0.25, 0.3) is 11.7 Å². The van der Waals surface area contributed by atoms with Gasteiger partial charge in [-0.1, -0.05) is 54.1 Å². The van der Waals surface area contributed by atoms with E-state index in [0.29, 0.717) is 30.2 Å². The van der Waals surface area contributed by atoms with Crippen molar-refractivity contribution in [1.29, 1.82) is 0 Å². The summed E-state index contributed by atoms with van der Waals surface area (Å²) in [5.41, 5.74) is 1.32. The van der Waals surface area contributed by atoms with Gasteiger partial charge in [-0.15, -0.1) is 0 Å². The Hall–Kier alpha value is -3.15. The molecule has 0 unspecified atom stereocenters. The van der Waals surface area contributed by atoms with Gasteiger partial charge in [0.15, 0.2) is 0 Å². The van der Waals surface area contributed by atoms with Gasteiger partial charge in [-0.25, -0.2) is 0 Å². The Kier molecular flexibility index (Phi) is 6.07. The van der Waals surface area contributed by atoms with Crippen LogP contribution in [0.1, 0.15) is 23.6 Å². The summed E-state index contributed by atoms with van der Waals surface area (Å²) in [4.78, 5) is 27.6. The number of aliphatic hydroxyl groups excluding tert-OH is 1. The van der Waals surface area contributed by atoms with Crippen LogP contribution < -0.4 is 0 Å².